The minimum Gasteiger partial charge on any atom is -0.379 e. The van der Waals surface area contributed by atoms with Crippen LogP contribution in [0.3, 0.4) is 0 Å². The summed E-state index contributed by atoms with van der Waals surface area (Å²) in [5.41, 5.74) is -0.514. The van der Waals surface area contributed by atoms with E-state index in [-0.39, 0.29) is 17.4 Å². The molecular formula is C24H26F3N3O3S. The molecule has 0 bridgehead atoms. The average molecular weight is 494 g/mol. The van der Waals surface area contributed by atoms with Crippen molar-refractivity contribution in [2.24, 2.45) is 0 Å². The summed E-state index contributed by atoms with van der Waals surface area (Å²) in [5.74, 6) is -0.499. The normalized spacial score (nSPS) is 12.8. The summed E-state index contributed by atoms with van der Waals surface area (Å²) >= 11 is 1.08. The summed E-state index contributed by atoms with van der Waals surface area (Å²) in [7, 11) is 0. The van der Waals surface area contributed by atoms with Crippen LogP contribution in [0.25, 0.3) is 10.9 Å². The van der Waals surface area contributed by atoms with E-state index in [0.717, 1.165) is 23.9 Å². The molecule has 0 aliphatic rings. The quantitative estimate of drug-likeness (QED) is 0.247. The molecule has 3 aromatic rings. The lowest BCUT2D eigenvalue weighted by atomic mass is 10.2. The second kappa shape index (κ2) is 11.1. The first-order valence-corrected chi connectivity index (χ1v) is 11.7. The molecule has 2 aromatic carbocycles. The number of carbonyl (C=O) groups excluding carboxylic acids is 1. The van der Waals surface area contributed by atoms with Crippen LogP contribution in [-0.4, -0.2) is 33.4 Å². The number of halogens is 3. The molecule has 34 heavy (non-hydrogen) atoms. The van der Waals surface area contributed by atoms with Crippen molar-refractivity contribution < 1.29 is 22.7 Å². The van der Waals surface area contributed by atoms with Crippen molar-refractivity contribution in [3.63, 3.8) is 0 Å². The van der Waals surface area contributed by atoms with Gasteiger partial charge in [0.15, 0.2) is 5.16 Å². The predicted molar refractivity (Wildman–Crippen MR) is 127 cm³/mol. The van der Waals surface area contributed by atoms with Crippen molar-refractivity contribution in [2.45, 2.75) is 56.4 Å². The van der Waals surface area contributed by atoms with Gasteiger partial charge in [-0.3, -0.25) is 14.2 Å². The monoisotopic (exact) mass is 493 g/mol. The molecule has 0 saturated carbocycles. The second-order valence-electron chi connectivity index (χ2n) is 7.97. The third-order valence-electron chi connectivity index (χ3n) is 4.91. The number of nitrogens with zero attached hydrogens (tertiary/aromatic N) is 2. The van der Waals surface area contributed by atoms with E-state index >= 15 is 0 Å². The Kier molecular flexibility index (Phi) is 8.37. The molecule has 182 valence electrons. The number of benzene rings is 2. The Morgan fingerprint density at radius 2 is 1.88 bits per heavy atom. The maximum absolute atomic E-state index is 13.1. The van der Waals surface area contributed by atoms with Crippen molar-refractivity contribution in [1.82, 2.24) is 9.55 Å². The third kappa shape index (κ3) is 6.60. The van der Waals surface area contributed by atoms with Gasteiger partial charge in [0, 0.05) is 18.8 Å². The van der Waals surface area contributed by atoms with E-state index in [4.69, 9.17) is 4.74 Å². The Morgan fingerprint density at radius 1 is 1.15 bits per heavy atom. The number of thioether (sulfide) groups is 1. The number of aromatic nitrogens is 2. The van der Waals surface area contributed by atoms with Crippen LogP contribution < -0.4 is 10.9 Å². The highest BCUT2D eigenvalue weighted by Crippen LogP contribution is 2.31. The molecule has 10 heteroatoms. The van der Waals surface area contributed by atoms with Crippen LogP contribution in [0.15, 0.2) is 58.5 Å². The molecule has 0 radical (unpaired) electrons. The number of nitrogens with one attached hydrogen (secondary N) is 1. The van der Waals surface area contributed by atoms with E-state index in [1.165, 1.54) is 16.7 Å². The van der Waals surface area contributed by atoms with Crippen molar-refractivity contribution in [1.29, 1.82) is 0 Å². The van der Waals surface area contributed by atoms with E-state index in [9.17, 15) is 22.8 Å². The number of carbonyl (C=O) groups is 1. The van der Waals surface area contributed by atoms with E-state index in [2.05, 4.69) is 10.3 Å². The lowest BCUT2D eigenvalue weighted by Crippen LogP contribution is -2.27. The molecule has 1 aromatic heterocycles. The number of anilines is 1. The highest BCUT2D eigenvalue weighted by atomic mass is 32.2. The minimum atomic E-state index is -4.51. The van der Waals surface area contributed by atoms with Crippen LogP contribution in [0, 0.1) is 0 Å². The van der Waals surface area contributed by atoms with Crippen molar-refractivity contribution in [3.8, 4) is 0 Å². The summed E-state index contributed by atoms with van der Waals surface area (Å²) in [6.07, 6.45) is -3.86. The topological polar surface area (TPSA) is 73.2 Å². The van der Waals surface area contributed by atoms with Crippen molar-refractivity contribution >= 4 is 34.3 Å². The average Bonchev–Trinajstić information content (AvgIpc) is 2.77. The van der Waals surface area contributed by atoms with Gasteiger partial charge in [-0.2, -0.15) is 13.2 Å². The van der Waals surface area contributed by atoms with Gasteiger partial charge in [0.05, 0.1) is 27.8 Å². The number of ether oxygens (including phenoxy) is 1. The fourth-order valence-electron chi connectivity index (χ4n) is 3.21. The van der Waals surface area contributed by atoms with Gasteiger partial charge in [-0.05, 0) is 57.5 Å². The molecule has 0 spiro atoms. The van der Waals surface area contributed by atoms with Crippen LogP contribution in [-0.2, 0) is 22.3 Å². The number of alkyl halides is 3. The first-order chi connectivity index (χ1) is 16.1. The molecule has 0 aliphatic carbocycles. The van der Waals surface area contributed by atoms with E-state index in [1.807, 2.05) is 13.8 Å². The molecule has 1 heterocycles. The summed E-state index contributed by atoms with van der Waals surface area (Å²) in [6.45, 7) is 6.28. The number of amides is 1. The molecule has 1 N–H and O–H groups in total. The highest BCUT2D eigenvalue weighted by Gasteiger charge is 2.30. The van der Waals surface area contributed by atoms with Crippen molar-refractivity contribution in [3.05, 3.63) is 64.4 Å². The zero-order valence-corrected chi connectivity index (χ0v) is 19.9. The molecule has 1 atom stereocenters. The van der Waals surface area contributed by atoms with Crippen LogP contribution >= 0.6 is 11.8 Å². The van der Waals surface area contributed by atoms with Gasteiger partial charge in [0.2, 0.25) is 5.91 Å². The van der Waals surface area contributed by atoms with E-state index in [1.54, 1.807) is 31.2 Å². The number of hydrogen-bond acceptors (Lipinski definition) is 5. The lowest BCUT2D eigenvalue weighted by Gasteiger charge is -2.17. The minimum absolute atomic E-state index is 0.0435. The molecule has 0 aliphatic heterocycles. The molecular weight excluding hydrogens is 467 g/mol. The van der Waals surface area contributed by atoms with Gasteiger partial charge in [0.25, 0.3) is 5.56 Å². The Labute approximate surface area is 199 Å². The predicted octanol–water partition coefficient (Wildman–Crippen LogP) is 5.35. The number of para-hydroxylation sites is 1. The van der Waals surface area contributed by atoms with Crippen LogP contribution in [0.1, 0.15) is 32.8 Å². The van der Waals surface area contributed by atoms with Crippen LogP contribution in [0.5, 0.6) is 0 Å². The number of rotatable bonds is 9. The Morgan fingerprint density at radius 3 is 2.59 bits per heavy atom. The van der Waals surface area contributed by atoms with Crippen LogP contribution in [0.2, 0.25) is 0 Å². The zero-order valence-electron chi connectivity index (χ0n) is 19.1. The summed E-state index contributed by atoms with van der Waals surface area (Å²) in [5, 5.41) is 2.63. The number of fused-ring (bicyclic) bond motifs is 1. The SMILES string of the molecule is CC(C)OCCCn1c(SC(C)C(=O)Nc2cccc(C(F)(F)F)c2)nc2ccccc2c1=O. The van der Waals surface area contributed by atoms with Gasteiger partial charge < -0.3 is 10.1 Å². The maximum atomic E-state index is 13.1. The molecule has 3 rings (SSSR count). The fraction of sp³-hybridized carbons (Fsp3) is 0.375. The first kappa shape index (κ1) is 25.8. The summed E-state index contributed by atoms with van der Waals surface area (Å²) in [4.78, 5) is 30.4. The standard InChI is InChI=1S/C24H26F3N3O3S/c1-15(2)33-13-7-12-30-22(32)19-10-4-5-11-20(19)29-23(30)34-16(3)21(31)28-18-9-6-8-17(14-18)24(25,26)27/h4-6,8-11,14-16H,7,12-13H2,1-3H3,(H,28,31). The van der Waals surface area contributed by atoms with Gasteiger partial charge in [-0.15, -0.1) is 0 Å². The van der Waals surface area contributed by atoms with Gasteiger partial charge in [-0.1, -0.05) is 30.0 Å². The Bertz CT molecular complexity index is 1210. The highest BCUT2D eigenvalue weighted by molar-refractivity contribution is 8.00. The Hall–Kier alpha value is -2.85. The molecule has 1 unspecified atom stereocenters. The van der Waals surface area contributed by atoms with E-state index in [0.29, 0.717) is 35.6 Å². The van der Waals surface area contributed by atoms with Crippen molar-refractivity contribution in [2.75, 3.05) is 11.9 Å². The lowest BCUT2D eigenvalue weighted by molar-refractivity contribution is -0.137. The van der Waals surface area contributed by atoms with Crippen LogP contribution in [0.4, 0.5) is 18.9 Å². The molecule has 0 saturated heterocycles. The maximum Gasteiger partial charge on any atom is 0.416 e. The molecule has 6 nitrogen and oxygen atoms in total. The van der Waals surface area contributed by atoms with Gasteiger partial charge in [-0.25, -0.2) is 4.98 Å². The zero-order chi connectivity index (χ0) is 24.9. The molecule has 1 amide bonds. The first-order valence-electron chi connectivity index (χ1n) is 10.8. The van der Waals surface area contributed by atoms with Gasteiger partial charge >= 0.3 is 6.18 Å². The van der Waals surface area contributed by atoms with Gasteiger partial charge in [0.1, 0.15) is 0 Å². The Balaban J connectivity index is 1.81. The summed E-state index contributed by atoms with van der Waals surface area (Å²) < 4.78 is 46.0. The molecule has 0 fully saturated rings. The summed E-state index contributed by atoms with van der Waals surface area (Å²) in [6, 6.07) is 11.4. The number of hydrogen-bond donors (Lipinski definition) is 1. The fourth-order valence-corrected chi connectivity index (χ4v) is 4.14. The van der Waals surface area contributed by atoms with E-state index < -0.39 is 22.9 Å². The smallest absolute Gasteiger partial charge is 0.379 e. The largest absolute Gasteiger partial charge is 0.416 e. The second-order valence-corrected chi connectivity index (χ2v) is 9.28. The third-order valence-corrected chi connectivity index (χ3v) is 6.00.